The third kappa shape index (κ3) is 4.34. The van der Waals surface area contributed by atoms with Gasteiger partial charge in [0.2, 0.25) is 0 Å². The minimum absolute atomic E-state index is 0.200. The maximum Gasteiger partial charge on any atom is 0.307 e. The molecule has 0 amide bonds. The second-order valence-electron chi connectivity index (χ2n) is 6.23. The SMILES string of the molecule is O=C(O)C1CCCN(CC/C=C(\c2ccccc2)c2cccs2)C1. The largest absolute Gasteiger partial charge is 0.481 e. The van der Waals surface area contributed by atoms with Gasteiger partial charge in [-0.05, 0) is 48.4 Å². The monoisotopic (exact) mass is 341 g/mol. The highest BCUT2D eigenvalue weighted by Gasteiger charge is 2.24. The molecule has 126 valence electrons. The summed E-state index contributed by atoms with van der Waals surface area (Å²) in [5.41, 5.74) is 2.51. The van der Waals surface area contributed by atoms with Gasteiger partial charge in [0, 0.05) is 18.0 Å². The normalized spacial score (nSPS) is 19.3. The minimum atomic E-state index is -0.654. The number of carboxylic acid groups (broad SMARTS) is 1. The molecule has 1 unspecified atom stereocenters. The third-order valence-corrected chi connectivity index (χ3v) is 5.42. The van der Waals surface area contributed by atoms with Crippen molar-refractivity contribution in [3.63, 3.8) is 0 Å². The van der Waals surface area contributed by atoms with Crippen molar-refractivity contribution < 1.29 is 9.90 Å². The lowest BCUT2D eigenvalue weighted by Gasteiger charge is -2.30. The lowest BCUT2D eigenvalue weighted by molar-refractivity contribution is -0.143. The maximum absolute atomic E-state index is 11.2. The number of nitrogens with zero attached hydrogens (tertiary/aromatic N) is 1. The van der Waals surface area contributed by atoms with E-state index < -0.39 is 5.97 Å². The number of carbonyl (C=O) groups is 1. The molecule has 2 heterocycles. The predicted molar refractivity (Wildman–Crippen MR) is 99.3 cm³/mol. The summed E-state index contributed by atoms with van der Waals surface area (Å²) in [6, 6.07) is 14.7. The molecule has 1 aliphatic rings. The zero-order valence-corrected chi connectivity index (χ0v) is 14.5. The smallest absolute Gasteiger partial charge is 0.307 e. The molecule has 3 rings (SSSR count). The number of hydrogen-bond acceptors (Lipinski definition) is 3. The van der Waals surface area contributed by atoms with Gasteiger partial charge >= 0.3 is 5.97 Å². The first-order valence-electron chi connectivity index (χ1n) is 8.48. The van der Waals surface area contributed by atoms with E-state index >= 15 is 0 Å². The highest BCUT2D eigenvalue weighted by atomic mass is 32.1. The van der Waals surface area contributed by atoms with Crippen LogP contribution >= 0.6 is 11.3 Å². The molecule has 1 saturated heterocycles. The van der Waals surface area contributed by atoms with Crippen molar-refractivity contribution in [3.05, 3.63) is 64.4 Å². The van der Waals surface area contributed by atoms with E-state index in [2.05, 4.69) is 52.8 Å². The van der Waals surface area contributed by atoms with Crippen LogP contribution in [0.3, 0.4) is 0 Å². The van der Waals surface area contributed by atoms with Crippen LogP contribution in [0.1, 0.15) is 29.7 Å². The molecule has 3 nitrogen and oxygen atoms in total. The van der Waals surface area contributed by atoms with Gasteiger partial charge in [-0.15, -0.1) is 11.3 Å². The molecule has 2 aromatic rings. The molecule has 0 bridgehead atoms. The average Bonchev–Trinajstić information content (AvgIpc) is 3.14. The topological polar surface area (TPSA) is 40.5 Å². The Balaban J connectivity index is 1.67. The van der Waals surface area contributed by atoms with Gasteiger partial charge in [-0.3, -0.25) is 4.79 Å². The highest BCUT2D eigenvalue weighted by molar-refractivity contribution is 7.11. The van der Waals surface area contributed by atoms with E-state index in [-0.39, 0.29) is 5.92 Å². The summed E-state index contributed by atoms with van der Waals surface area (Å²) in [7, 11) is 0. The number of rotatable bonds is 6. The standard InChI is InChI=1S/C20H23NO2S/c22-20(23)17-9-4-12-21(15-17)13-5-10-18(19-11-6-14-24-19)16-7-2-1-3-8-16/h1-3,6-8,10-11,14,17H,4-5,9,12-13,15H2,(H,22,23)/b18-10+. The minimum Gasteiger partial charge on any atom is -0.481 e. The molecule has 1 aromatic carbocycles. The molecule has 0 saturated carbocycles. The van der Waals surface area contributed by atoms with Crippen LogP contribution in [0.4, 0.5) is 0 Å². The number of likely N-dealkylation sites (tertiary alicyclic amines) is 1. The molecule has 0 radical (unpaired) electrons. The highest BCUT2D eigenvalue weighted by Crippen LogP contribution is 2.27. The fourth-order valence-corrected chi connectivity index (χ4v) is 4.05. The van der Waals surface area contributed by atoms with Gasteiger partial charge in [0.15, 0.2) is 0 Å². The Morgan fingerprint density at radius 2 is 2.08 bits per heavy atom. The van der Waals surface area contributed by atoms with Crippen LogP contribution in [0, 0.1) is 5.92 Å². The first kappa shape index (κ1) is 16.9. The molecule has 0 aliphatic carbocycles. The first-order valence-corrected chi connectivity index (χ1v) is 9.36. The average molecular weight is 341 g/mol. The third-order valence-electron chi connectivity index (χ3n) is 4.52. The van der Waals surface area contributed by atoms with E-state index in [9.17, 15) is 9.90 Å². The molecule has 0 spiro atoms. The number of thiophene rings is 1. The van der Waals surface area contributed by atoms with Gasteiger partial charge in [-0.25, -0.2) is 0 Å². The van der Waals surface area contributed by atoms with E-state index in [4.69, 9.17) is 0 Å². The number of benzene rings is 1. The molecule has 1 aromatic heterocycles. The fourth-order valence-electron chi connectivity index (χ4n) is 3.26. The van der Waals surface area contributed by atoms with E-state index in [0.29, 0.717) is 6.54 Å². The fraction of sp³-hybridized carbons (Fsp3) is 0.350. The number of hydrogen-bond donors (Lipinski definition) is 1. The number of aliphatic carboxylic acids is 1. The summed E-state index contributed by atoms with van der Waals surface area (Å²) in [5, 5.41) is 11.3. The van der Waals surface area contributed by atoms with E-state index in [0.717, 1.165) is 32.4 Å². The van der Waals surface area contributed by atoms with Crippen molar-refractivity contribution in [2.75, 3.05) is 19.6 Å². The van der Waals surface area contributed by atoms with Crippen LogP contribution < -0.4 is 0 Å². The Morgan fingerprint density at radius 1 is 1.25 bits per heavy atom. The van der Waals surface area contributed by atoms with E-state index in [1.807, 2.05) is 6.07 Å². The molecule has 24 heavy (non-hydrogen) atoms. The summed E-state index contributed by atoms with van der Waals surface area (Å²) in [6.45, 7) is 2.62. The zero-order valence-electron chi connectivity index (χ0n) is 13.7. The molecule has 1 atom stereocenters. The van der Waals surface area contributed by atoms with Crippen molar-refractivity contribution in [1.29, 1.82) is 0 Å². The molecule has 1 fully saturated rings. The van der Waals surface area contributed by atoms with Gasteiger partial charge in [0.25, 0.3) is 0 Å². The summed E-state index contributed by atoms with van der Waals surface area (Å²) in [6.07, 6.45) is 5.03. The Labute approximate surface area is 147 Å². The molecule has 1 aliphatic heterocycles. The van der Waals surface area contributed by atoms with Crippen LogP contribution in [0.15, 0.2) is 53.9 Å². The molecule has 4 heteroatoms. The van der Waals surface area contributed by atoms with Gasteiger partial charge < -0.3 is 10.0 Å². The molecular formula is C20H23NO2S. The van der Waals surface area contributed by atoms with Crippen LogP contribution in [-0.2, 0) is 4.79 Å². The van der Waals surface area contributed by atoms with Crippen molar-refractivity contribution in [3.8, 4) is 0 Å². The Morgan fingerprint density at radius 3 is 2.79 bits per heavy atom. The van der Waals surface area contributed by atoms with Crippen LogP contribution in [0.5, 0.6) is 0 Å². The summed E-state index contributed by atoms with van der Waals surface area (Å²) in [5.74, 6) is -0.854. The van der Waals surface area contributed by atoms with Gasteiger partial charge in [-0.1, -0.05) is 42.5 Å². The summed E-state index contributed by atoms with van der Waals surface area (Å²) >= 11 is 1.76. The van der Waals surface area contributed by atoms with Crippen LogP contribution in [0.2, 0.25) is 0 Å². The quantitative estimate of drug-likeness (QED) is 0.848. The zero-order chi connectivity index (χ0) is 16.8. The number of piperidine rings is 1. The van der Waals surface area contributed by atoms with Gasteiger partial charge in [0.05, 0.1) is 5.92 Å². The lowest BCUT2D eigenvalue weighted by atomic mass is 9.98. The lowest BCUT2D eigenvalue weighted by Crippen LogP contribution is -2.39. The van der Waals surface area contributed by atoms with Crippen molar-refractivity contribution >= 4 is 22.9 Å². The van der Waals surface area contributed by atoms with Gasteiger partial charge in [-0.2, -0.15) is 0 Å². The summed E-state index contributed by atoms with van der Waals surface area (Å²) in [4.78, 5) is 14.8. The second kappa shape index (κ2) is 8.27. The Hall–Kier alpha value is -1.91. The molecule has 1 N–H and O–H groups in total. The van der Waals surface area contributed by atoms with Crippen molar-refractivity contribution in [2.24, 2.45) is 5.92 Å². The van der Waals surface area contributed by atoms with Crippen LogP contribution in [-0.4, -0.2) is 35.6 Å². The van der Waals surface area contributed by atoms with Crippen molar-refractivity contribution in [1.82, 2.24) is 4.90 Å². The Kier molecular flexibility index (Phi) is 5.83. The van der Waals surface area contributed by atoms with E-state index in [1.165, 1.54) is 16.0 Å². The van der Waals surface area contributed by atoms with Crippen molar-refractivity contribution in [2.45, 2.75) is 19.3 Å². The second-order valence-corrected chi connectivity index (χ2v) is 7.18. The van der Waals surface area contributed by atoms with Crippen LogP contribution in [0.25, 0.3) is 5.57 Å². The van der Waals surface area contributed by atoms with E-state index in [1.54, 1.807) is 11.3 Å². The Bertz CT molecular complexity index is 679. The molecular weight excluding hydrogens is 318 g/mol. The first-order chi connectivity index (χ1) is 11.7. The van der Waals surface area contributed by atoms with Gasteiger partial charge in [0.1, 0.15) is 0 Å². The predicted octanol–water partition coefficient (Wildman–Crippen LogP) is 4.37. The maximum atomic E-state index is 11.2. The summed E-state index contributed by atoms with van der Waals surface area (Å²) < 4.78 is 0. The number of carboxylic acids is 1.